The molecule has 0 unspecified atom stereocenters. The first-order valence-electron chi connectivity index (χ1n) is 8.37. The Morgan fingerprint density at radius 2 is 1.93 bits per heavy atom. The molecule has 4 heterocycles. The van der Waals surface area contributed by atoms with Crippen LogP contribution < -0.4 is 10.6 Å². The van der Waals surface area contributed by atoms with Gasteiger partial charge in [0.1, 0.15) is 11.2 Å². The molecule has 0 aliphatic carbocycles. The number of anilines is 2. The molecule has 4 aromatic rings. The van der Waals surface area contributed by atoms with Gasteiger partial charge in [-0.1, -0.05) is 6.07 Å². The van der Waals surface area contributed by atoms with Gasteiger partial charge in [-0.2, -0.15) is 0 Å². The van der Waals surface area contributed by atoms with Crippen molar-refractivity contribution in [1.29, 1.82) is 0 Å². The minimum atomic E-state index is -0.189. The number of amides is 1. The van der Waals surface area contributed by atoms with Gasteiger partial charge < -0.3 is 10.6 Å². The van der Waals surface area contributed by atoms with Gasteiger partial charge in [0, 0.05) is 37.0 Å². The molecule has 0 bridgehead atoms. The lowest BCUT2D eigenvalue weighted by Gasteiger charge is -2.09. The van der Waals surface area contributed by atoms with Crippen molar-refractivity contribution in [2.24, 2.45) is 0 Å². The number of hydrogen-bond acceptors (Lipinski definition) is 6. The lowest BCUT2D eigenvalue weighted by molar-refractivity contribution is 0.0963. The van der Waals surface area contributed by atoms with Crippen molar-refractivity contribution >= 4 is 22.9 Å². The fourth-order valence-electron chi connectivity index (χ4n) is 2.71. The third kappa shape index (κ3) is 3.32. The molecule has 8 nitrogen and oxygen atoms in total. The fourth-order valence-corrected chi connectivity index (χ4v) is 2.71. The lowest BCUT2D eigenvalue weighted by atomic mass is 10.3. The number of nitrogens with zero attached hydrogens (tertiary/aromatic N) is 5. The molecule has 134 valence electrons. The minimum absolute atomic E-state index is 0.189. The maximum absolute atomic E-state index is 12.0. The monoisotopic (exact) mass is 359 g/mol. The van der Waals surface area contributed by atoms with Crippen molar-refractivity contribution in [3.05, 3.63) is 66.2 Å². The Morgan fingerprint density at radius 3 is 2.67 bits per heavy atom. The Morgan fingerprint density at radius 1 is 1.11 bits per heavy atom. The average Bonchev–Trinajstić information content (AvgIpc) is 3.13. The number of aromatic nitrogens is 5. The number of nitrogens with one attached hydrogen (secondary N) is 2. The quantitative estimate of drug-likeness (QED) is 0.581. The van der Waals surface area contributed by atoms with Crippen molar-refractivity contribution in [1.82, 2.24) is 29.9 Å². The Labute approximate surface area is 155 Å². The number of fused-ring (bicyclic) bond motifs is 1. The van der Waals surface area contributed by atoms with E-state index in [0.717, 1.165) is 11.4 Å². The van der Waals surface area contributed by atoms with Crippen molar-refractivity contribution < 1.29 is 4.79 Å². The second-order valence-corrected chi connectivity index (χ2v) is 5.95. The first-order chi connectivity index (χ1) is 13.1. The van der Waals surface area contributed by atoms with E-state index in [2.05, 4.69) is 30.7 Å². The van der Waals surface area contributed by atoms with E-state index >= 15 is 0 Å². The average molecular weight is 359 g/mol. The topological polar surface area (TPSA) is 97.1 Å². The van der Waals surface area contributed by atoms with Crippen LogP contribution in [0.25, 0.3) is 17.0 Å². The van der Waals surface area contributed by atoms with Gasteiger partial charge >= 0.3 is 0 Å². The Kier molecular flexibility index (Phi) is 4.21. The number of rotatable bonds is 4. The van der Waals surface area contributed by atoms with Crippen LogP contribution in [-0.4, -0.2) is 37.5 Å². The van der Waals surface area contributed by atoms with E-state index in [0.29, 0.717) is 28.4 Å². The number of carbonyl (C=O) groups is 1. The van der Waals surface area contributed by atoms with Crippen LogP contribution in [-0.2, 0) is 0 Å². The van der Waals surface area contributed by atoms with E-state index in [-0.39, 0.29) is 5.91 Å². The van der Waals surface area contributed by atoms with Crippen LogP contribution in [0, 0.1) is 6.92 Å². The predicted molar refractivity (Wildman–Crippen MR) is 102 cm³/mol. The smallest absolute Gasteiger partial charge is 0.252 e. The summed E-state index contributed by atoms with van der Waals surface area (Å²) in [6.45, 7) is 1.91. The molecule has 0 saturated carbocycles. The molecule has 0 aliphatic rings. The minimum Gasteiger partial charge on any atom is -0.355 e. The van der Waals surface area contributed by atoms with Gasteiger partial charge in [0.25, 0.3) is 5.91 Å². The molecule has 4 rings (SSSR count). The summed E-state index contributed by atoms with van der Waals surface area (Å²) < 4.78 is 1.64. The zero-order chi connectivity index (χ0) is 18.8. The highest BCUT2D eigenvalue weighted by Crippen LogP contribution is 2.24. The molecule has 27 heavy (non-hydrogen) atoms. The molecule has 0 spiro atoms. The molecular formula is C19H17N7O. The van der Waals surface area contributed by atoms with Crippen LogP contribution in [0.15, 0.2) is 55.0 Å². The van der Waals surface area contributed by atoms with Crippen LogP contribution in [0.4, 0.5) is 11.5 Å². The molecule has 0 saturated heterocycles. The molecule has 0 radical (unpaired) electrons. The van der Waals surface area contributed by atoms with E-state index in [9.17, 15) is 4.79 Å². The summed E-state index contributed by atoms with van der Waals surface area (Å²) in [5.74, 6) is 0.845. The third-order valence-electron chi connectivity index (χ3n) is 4.01. The maximum atomic E-state index is 12.0. The van der Waals surface area contributed by atoms with Gasteiger partial charge in [0.15, 0.2) is 5.82 Å². The van der Waals surface area contributed by atoms with Gasteiger partial charge in [0.2, 0.25) is 5.82 Å². The van der Waals surface area contributed by atoms with Gasteiger partial charge in [-0.05, 0) is 37.3 Å². The van der Waals surface area contributed by atoms with E-state index in [1.165, 1.54) is 0 Å². The SMILES string of the molecule is CNC(=O)c1cc2c(Nc3ccncc3)nc(-c3cccc(C)n3)nn2c1. The molecule has 0 aliphatic heterocycles. The number of aryl methyl sites for hydroxylation is 1. The predicted octanol–water partition coefficient (Wildman–Crippen LogP) is 2.60. The van der Waals surface area contributed by atoms with Crippen molar-refractivity contribution in [2.45, 2.75) is 6.92 Å². The van der Waals surface area contributed by atoms with Crippen LogP contribution in [0.3, 0.4) is 0 Å². The molecule has 1 amide bonds. The summed E-state index contributed by atoms with van der Waals surface area (Å²) in [6.07, 6.45) is 5.06. The fraction of sp³-hybridized carbons (Fsp3) is 0.105. The Bertz CT molecular complexity index is 1120. The molecule has 0 atom stereocenters. The second kappa shape index (κ2) is 6.83. The summed E-state index contributed by atoms with van der Waals surface area (Å²) in [6, 6.07) is 11.1. The Hall–Kier alpha value is -3.81. The number of pyridine rings is 2. The first-order valence-corrected chi connectivity index (χ1v) is 8.37. The summed E-state index contributed by atoms with van der Waals surface area (Å²) in [7, 11) is 1.59. The van der Waals surface area contributed by atoms with Gasteiger partial charge in [-0.25, -0.2) is 14.5 Å². The van der Waals surface area contributed by atoms with Gasteiger partial charge in [-0.15, -0.1) is 5.10 Å². The van der Waals surface area contributed by atoms with Gasteiger partial charge in [-0.3, -0.25) is 9.78 Å². The zero-order valence-corrected chi connectivity index (χ0v) is 14.8. The largest absolute Gasteiger partial charge is 0.355 e. The second-order valence-electron chi connectivity index (χ2n) is 5.95. The van der Waals surface area contributed by atoms with Crippen LogP contribution in [0.1, 0.15) is 16.1 Å². The van der Waals surface area contributed by atoms with E-state index in [4.69, 9.17) is 0 Å². The van der Waals surface area contributed by atoms with Crippen LogP contribution in [0.5, 0.6) is 0 Å². The molecule has 8 heteroatoms. The van der Waals surface area contributed by atoms with Crippen molar-refractivity contribution in [3.8, 4) is 11.5 Å². The highest BCUT2D eigenvalue weighted by Gasteiger charge is 2.15. The maximum Gasteiger partial charge on any atom is 0.252 e. The van der Waals surface area contributed by atoms with E-state index in [1.54, 1.807) is 36.2 Å². The highest BCUT2D eigenvalue weighted by atomic mass is 16.1. The molecule has 2 N–H and O–H groups in total. The van der Waals surface area contributed by atoms with E-state index in [1.807, 2.05) is 37.3 Å². The Balaban J connectivity index is 1.89. The summed E-state index contributed by atoms with van der Waals surface area (Å²) in [5.41, 5.74) is 3.54. The number of hydrogen-bond donors (Lipinski definition) is 2. The third-order valence-corrected chi connectivity index (χ3v) is 4.01. The van der Waals surface area contributed by atoms with Crippen LogP contribution >= 0.6 is 0 Å². The standard InChI is InChI=1S/C19H17N7O/c1-12-4-3-5-15(22-12)17-24-18(23-14-6-8-21-9-7-14)16-10-13(19(27)20-2)11-26(16)25-17/h3-11H,1-2H3,(H,20,27)(H,21,23,24,25). The normalized spacial score (nSPS) is 10.7. The zero-order valence-electron chi connectivity index (χ0n) is 14.8. The molecule has 4 aromatic heterocycles. The summed E-state index contributed by atoms with van der Waals surface area (Å²) in [5, 5.41) is 10.4. The molecule has 0 fully saturated rings. The summed E-state index contributed by atoms with van der Waals surface area (Å²) in [4.78, 5) is 25.2. The number of carbonyl (C=O) groups excluding carboxylic acids is 1. The summed E-state index contributed by atoms with van der Waals surface area (Å²) >= 11 is 0. The molecule has 0 aromatic carbocycles. The molecular weight excluding hydrogens is 342 g/mol. The van der Waals surface area contributed by atoms with E-state index < -0.39 is 0 Å². The van der Waals surface area contributed by atoms with Crippen molar-refractivity contribution in [2.75, 3.05) is 12.4 Å². The lowest BCUT2D eigenvalue weighted by Crippen LogP contribution is -2.16. The van der Waals surface area contributed by atoms with Crippen molar-refractivity contribution in [3.63, 3.8) is 0 Å². The highest BCUT2D eigenvalue weighted by molar-refractivity contribution is 5.96. The van der Waals surface area contributed by atoms with Crippen LogP contribution in [0.2, 0.25) is 0 Å². The van der Waals surface area contributed by atoms with Gasteiger partial charge in [0.05, 0.1) is 5.56 Å². The first kappa shape index (κ1) is 16.6.